The molecule has 1 aliphatic heterocycles. The number of rotatable bonds is 3. The van der Waals surface area contributed by atoms with Gasteiger partial charge in [-0.1, -0.05) is 29.8 Å². The second-order valence-corrected chi connectivity index (χ2v) is 3.55. The lowest BCUT2D eigenvalue weighted by Gasteiger charge is -2.15. The largest absolute Gasteiger partial charge is 0.296 e. The van der Waals surface area contributed by atoms with Crippen molar-refractivity contribution in [2.24, 2.45) is 4.99 Å². The molecule has 0 amide bonds. The molecule has 0 spiro atoms. The van der Waals surface area contributed by atoms with Gasteiger partial charge in [-0.15, -0.1) is 24.0 Å². The molecule has 0 saturated heterocycles. The van der Waals surface area contributed by atoms with Crippen molar-refractivity contribution < 1.29 is 0 Å². The van der Waals surface area contributed by atoms with Crippen molar-refractivity contribution in [1.29, 1.82) is 0 Å². The lowest BCUT2D eigenvalue weighted by Crippen LogP contribution is -2.34. The van der Waals surface area contributed by atoms with Crippen molar-refractivity contribution in [3.8, 4) is 0 Å². The molecular weight excluding hydrogens is 324 g/mol. The fourth-order valence-corrected chi connectivity index (χ4v) is 1.53. The normalized spacial score (nSPS) is 14.1. The van der Waals surface area contributed by atoms with E-state index in [9.17, 15) is 0 Å². The molecule has 2 rings (SSSR count). The van der Waals surface area contributed by atoms with Crippen LogP contribution in [0.15, 0.2) is 29.3 Å². The van der Waals surface area contributed by atoms with Crippen LogP contribution in [0.2, 0.25) is 5.02 Å². The van der Waals surface area contributed by atoms with E-state index in [0.29, 0.717) is 0 Å². The third kappa shape index (κ3) is 3.62. The molecule has 0 bridgehead atoms. The van der Waals surface area contributed by atoms with E-state index in [1.165, 1.54) is 0 Å². The van der Waals surface area contributed by atoms with Crippen LogP contribution in [0.25, 0.3) is 0 Å². The Morgan fingerprint density at radius 2 is 2.20 bits per heavy atom. The summed E-state index contributed by atoms with van der Waals surface area (Å²) in [6.07, 6.45) is 1.82. The Morgan fingerprint density at radius 3 is 2.87 bits per heavy atom. The molecule has 0 radical (unpaired) electrons. The van der Waals surface area contributed by atoms with Gasteiger partial charge < -0.3 is 0 Å². The van der Waals surface area contributed by atoms with Crippen molar-refractivity contribution in [2.75, 3.05) is 13.1 Å². The number of nitrogens with one attached hydrogen (secondary N) is 1. The third-order valence-electron chi connectivity index (χ3n) is 2.12. The number of benzene rings is 1. The second kappa shape index (κ2) is 6.30. The van der Waals surface area contributed by atoms with Gasteiger partial charge in [0.2, 0.25) is 0 Å². The summed E-state index contributed by atoms with van der Waals surface area (Å²) < 4.78 is 0. The Kier molecular flexibility index (Phi) is 5.35. The van der Waals surface area contributed by atoms with Crippen LogP contribution < -0.4 is 5.43 Å². The minimum atomic E-state index is 0. The fraction of sp³-hybridized carbons (Fsp3) is 0.300. The lowest BCUT2D eigenvalue weighted by atomic mass is 10.2. The van der Waals surface area contributed by atoms with E-state index in [1.807, 2.05) is 35.6 Å². The highest BCUT2D eigenvalue weighted by molar-refractivity contribution is 14.0. The molecule has 1 aliphatic rings. The first-order chi connectivity index (χ1) is 6.86. The summed E-state index contributed by atoms with van der Waals surface area (Å²) in [5.74, 6) is 0. The predicted molar refractivity (Wildman–Crippen MR) is 73.8 cm³/mol. The molecule has 5 heteroatoms. The maximum Gasteiger partial charge on any atom is 0.0993 e. The highest BCUT2D eigenvalue weighted by Gasteiger charge is 2.05. The van der Waals surface area contributed by atoms with E-state index >= 15 is 0 Å². The molecule has 1 aromatic carbocycles. The first-order valence-electron chi connectivity index (χ1n) is 4.60. The Bertz CT molecular complexity index is 343. The monoisotopic (exact) mass is 337 g/mol. The zero-order chi connectivity index (χ0) is 9.80. The molecule has 1 heterocycles. The highest BCUT2D eigenvalue weighted by Crippen LogP contribution is 2.14. The van der Waals surface area contributed by atoms with Gasteiger partial charge >= 0.3 is 0 Å². The number of hydrogen-bond donors (Lipinski definition) is 1. The van der Waals surface area contributed by atoms with Crippen LogP contribution in [0.5, 0.6) is 0 Å². The van der Waals surface area contributed by atoms with Crippen LogP contribution in [0.4, 0.5) is 0 Å². The van der Waals surface area contributed by atoms with Gasteiger partial charge in [-0.25, -0.2) is 5.43 Å². The van der Waals surface area contributed by atoms with Gasteiger partial charge in [0, 0.05) is 11.6 Å². The summed E-state index contributed by atoms with van der Waals surface area (Å²) in [5, 5.41) is 2.78. The van der Waals surface area contributed by atoms with E-state index in [1.54, 1.807) is 0 Å². The number of halogens is 2. The Labute approximate surface area is 112 Å². The van der Waals surface area contributed by atoms with Gasteiger partial charge in [0.05, 0.1) is 19.4 Å². The molecule has 82 valence electrons. The first-order valence-corrected chi connectivity index (χ1v) is 4.97. The van der Waals surface area contributed by atoms with Crippen LogP contribution in [-0.4, -0.2) is 24.4 Å². The van der Waals surface area contributed by atoms with Crippen LogP contribution in [-0.2, 0) is 6.54 Å². The highest BCUT2D eigenvalue weighted by atomic mass is 127. The summed E-state index contributed by atoms with van der Waals surface area (Å²) in [7, 11) is 0. The summed E-state index contributed by atoms with van der Waals surface area (Å²) in [6, 6.07) is 7.84. The zero-order valence-electron chi connectivity index (χ0n) is 8.19. The summed E-state index contributed by atoms with van der Waals surface area (Å²) in [4.78, 5) is 4.10. The number of hydrogen-bond acceptors (Lipinski definition) is 3. The van der Waals surface area contributed by atoms with Crippen molar-refractivity contribution >= 4 is 41.9 Å². The van der Waals surface area contributed by atoms with Gasteiger partial charge in [0.15, 0.2) is 0 Å². The van der Waals surface area contributed by atoms with Crippen LogP contribution in [0.3, 0.4) is 0 Å². The molecule has 0 atom stereocenters. The molecular formula is C10H13ClIN3. The minimum Gasteiger partial charge on any atom is -0.296 e. The number of hydrazine groups is 1. The topological polar surface area (TPSA) is 27.6 Å². The van der Waals surface area contributed by atoms with Crippen LogP contribution in [0, 0.1) is 0 Å². The Balaban J connectivity index is 0.00000112. The quantitative estimate of drug-likeness (QED) is 0.857. The van der Waals surface area contributed by atoms with Crippen molar-refractivity contribution in [3.63, 3.8) is 0 Å². The van der Waals surface area contributed by atoms with E-state index in [2.05, 4.69) is 10.4 Å². The molecule has 0 fully saturated rings. The summed E-state index contributed by atoms with van der Waals surface area (Å²) >= 11 is 6.02. The minimum absolute atomic E-state index is 0. The van der Waals surface area contributed by atoms with Crippen molar-refractivity contribution in [3.05, 3.63) is 34.9 Å². The fourth-order valence-electron chi connectivity index (χ4n) is 1.33. The summed E-state index contributed by atoms with van der Waals surface area (Å²) in [5.41, 5.74) is 4.34. The molecule has 0 unspecified atom stereocenters. The SMILES string of the molecule is Clc1ccccc1CNN1C=NCC1.I. The number of aliphatic imine (C=N–C) groups is 1. The van der Waals surface area contributed by atoms with E-state index < -0.39 is 0 Å². The molecule has 0 aliphatic carbocycles. The van der Waals surface area contributed by atoms with Gasteiger partial charge in [0.1, 0.15) is 0 Å². The van der Waals surface area contributed by atoms with Crippen molar-refractivity contribution in [1.82, 2.24) is 10.4 Å². The third-order valence-corrected chi connectivity index (χ3v) is 2.49. The average molecular weight is 338 g/mol. The maximum absolute atomic E-state index is 6.02. The van der Waals surface area contributed by atoms with E-state index in [-0.39, 0.29) is 24.0 Å². The maximum atomic E-state index is 6.02. The smallest absolute Gasteiger partial charge is 0.0993 e. The zero-order valence-corrected chi connectivity index (χ0v) is 11.3. The molecule has 3 nitrogen and oxygen atoms in total. The average Bonchev–Trinajstić information content (AvgIpc) is 2.69. The molecule has 0 saturated carbocycles. The summed E-state index contributed by atoms with van der Waals surface area (Å²) in [6.45, 7) is 2.55. The van der Waals surface area contributed by atoms with Crippen molar-refractivity contribution in [2.45, 2.75) is 6.54 Å². The van der Waals surface area contributed by atoms with E-state index in [4.69, 9.17) is 11.6 Å². The second-order valence-electron chi connectivity index (χ2n) is 3.14. The van der Waals surface area contributed by atoms with Crippen LogP contribution in [0.1, 0.15) is 5.56 Å². The lowest BCUT2D eigenvalue weighted by molar-refractivity contribution is 0.339. The standard InChI is InChI=1S/C10H12ClN3.HI/c11-10-4-2-1-3-9(10)7-13-14-6-5-12-8-14;/h1-4,8,13H,5-7H2;1H. The predicted octanol–water partition coefficient (Wildman–Crippen LogP) is 2.31. The Morgan fingerprint density at radius 1 is 1.40 bits per heavy atom. The van der Waals surface area contributed by atoms with Gasteiger partial charge in [-0.3, -0.25) is 10.0 Å². The molecule has 1 N–H and O–H groups in total. The van der Waals surface area contributed by atoms with Crippen LogP contribution >= 0.6 is 35.6 Å². The first kappa shape index (κ1) is 12.7. The molecule has 0 aromatic heterocycles. The number of nitrogens with zero attached hydrogens (tertiary/aromatic N) is 2. The van der Waals surface area contributed by atoms with Gasteiger partial charge in [0.25, 0.3) is 0 Å². The van der Waals surface area contributed by atoms with Gasteiger partial charge in [-0.05, 0) is 11.6 Å². The molecule has 15 heavy (non-hydrogen) atoms. The molecule has 1 aromatic rings. The van der Waals surface area contributed by atoms with E-state index in [0.717, 1.165) is 30.2 Å². The Hall–Kier alpha value is -0.330. The van der Waals surface area contributed by atoms with Gasteiger partial charge in [-0.2, -0.15) is 0 Å².